The predicted octanol–water partition coefficient (Wildman–Crippen LogP) is 2.96. The number of hydrogen-bond donors (Lipinski definition) is 2. The van der Waals surface area contributed by atoms with Gasteiger partial charge in [0.25, 0.3) is 0 Å². The first-order chi connectivity index (χ1) is 8.76. The van der Waals surface area contributed by atoms with Crippen molar-refractivity contribution in [3.05, 3.63) is 35.4 Å². The molecule has 2 atom stereocenters. The highest BCUT2D eigenvalue weighted by atomic mass is 16.5. The molecular formula is C15H26N2O. The zero-order valence-corrected chi connectivity index (χ0v) is 11.8. The third-order valence-corrected chi connectivity index (χ3v) is 3.21. The van der Waals surface area contributed by atoms with Crippen LogP contribution in [-0.4, -0.2) is 12.7 Å². The summed E-state index contributed by atoms with van der Waals surface area (Å²) in [6.45, 7) is 7.04. The fraction of sp³-hybridized carbons (Fsp3) is 0.600. The molecule has 0 aliphatic rings. The average Bonchev–Trinajstić information content (AvgIpc) is 2.40. The molecule has 3 N–H and O–H groups in total. The van der Waals surface area contributed by atoms with Crippen LogP contribution in [0.2, 0.25) is 0 Å². The maximum atomic E-state index is 5.73. The Bertz CT molecular complexity index is 324. The van der Waals surface area contributed by atoms with Crippen LogP contribution in [0.1, 0.15) is 50.8 Å². The van der Waals surface area contributed by atoms with Crippen LogP contribution in [0, 0.1) is 0 Å². The molecule has 0 fully saturated rings. The number of hydrazine groups is 1. The van der Waals surface area contributed by atoms with E-state index in [1.807, 2.05) is 6.92 Å². The molecule has 2 unspecified atom stereocenters. The van der Waals surface area contributed by atoms with Gasteiger partial charge in [0.2, 0.25) is 0 Å². The quantitative estimate of drug-likeness (QED) is 0.551. The van der Waals surface area contributed by atoms with Gasteiger partial charge in [0.15, 0.2) is 0 Å². The van der Waals surface area contributed by atoms with Crippen molar-refractivity contribution < 1.29 is 4.74 Å². The molecular weight excluding hydrogens is 224 g/mol. The van der Waals surface area contributed by atoms with Gasteiger partial charge >= 0.3 is 0 Å². The Hall–Kier alpha value is -0.900. The third kappa shape index (κ3) is 4.09. The van der Waals surface area contributed by atoms with Crippen LogP contribution >= 0.6 is 0 Å². The number of nitrogens with one attached hydrogen (secondary N) is 1. The summed E-state index contributed by atoms with van der Waals surface area (Å²) in [6.07, 6.45) is 3.37. The van der Waals surface area contributed by atoms with Crippen molar-refractivity contribution >= 4 is 0 Å². The number of nitrogens with two attached hydrogens (primary N) is 1. The van der Waals surface area contributed by atoms with Crippen LogP contribution in [0.5, 0.6) is 0 Å². The van der Waals surface area contributed by atoms with E-state index in [1.54, 1.807) is 0 Å². The van der Waals surface area contributed by atoms with Crippen molar-refractivity contribution in [1.29, 1.82) is 0 Å². The molecule has 18 heavy (non-hydrogen) atoms. The first kappa shape index (κ1) is 15.2. The van der Waals surface area contributed by atoms with Crippen LogP contribution in [-0.2, 0) is 11.2 Å². The second-order valence-corrected chi connectivity index (χ2v) is 4.54. The fourth-order valence-electron chi connectivity index (χ4n) is 2.26. The Kier molecular flexibility index (Phi) is 6.94. The monoisotopic (exact) mass is 250 g/mol. The van der Waals surface area contributed by atoms with Crippen molar-refractivity contribution in [3.8, 4) is 0 Å². The number of aryl methyl sites for hydroxylation is 1. The number of ether oxygens (including phenoxy) is 1. The minimum absolute atomic E-state index is 0.0608. The molecule has 0 amide bonds. The standard InChI is InChI=1S/C15H26N2O/c1-4-7-12-8-10-13(11-9-12)15(17-16)14(5-2)18-6-3/h8-11,14-15,17H,4-7,16H2,1-3H3. The minimum Gasteiger partial charge on any atom is -0.376 e. The molecule has 1 aromatic rings. The summed E-state index contributed by atoms with van der Waals surface area (Å²) in [5, 5.41) is 0. The second kappa shape index (κ2) is 8.25. The average molecular weight is 250 g/mol. The summed E-state index contributed by atoms with van der Waals surface area (Å²) in [5.74, 6) is 5.68. The van der Waals surface area contributed by atoms with Gasteiger partial charge in [0, 0.05) is 6.61 Å². The van der Waals surface area contributed by atoms with E-state index in [-0.39, 0.29) is 12.1 Å². The second-order valence-electron chi connectivity index (χ2n) is 4.54. The molecule has 0 saturated heterocycles. The van der Waals surface area contributed by atoms with Crippen molar-refractivity contribution in [2.45, 2.75) is 52.2 Å². The maximum Gasteiger partial charge on any atom is 0.0779 e. The third-order valence-electron chi connectivity index (χ3n) is 3.21. The molecule has 0 bridgehead atoms. The van der Waals surface area contributed by atoms with Gasteiger partial charge in [0.1, 0.15) is 0 Å². The predicted molar refractivity (Wildman–Crippen MR) is 76.2 cm³/mol. The van der Waals surface area contributed by atoms with Gasteiger partial charge in [-0.05, 0) is 30.9 Å². The lowest BCUT2D eigenvalue weighted by molar-refractivity contribution is 0.0314. The largest absolute Gasteiger partial charge is 0.376 e. The summed E-state index contributed by atoms with van der Waals surface area (Å²) in [4.78, 5) is 0. The normalized spacial score (nSPS) is 14.4. The number of rotatable bonds is 8. The SMILES string of the molecule is CCCc1ccc(C(NN)C(CC)OCC)cc1. The van der Waals surface area contributed by atoms with Crippen molar-refractivity contribution in [2.24, 2.45) is 5.84 Å². The lowest BCUT2D eigenvalue weighted by Crippen LogP contribution is -2.37. The lowest BCUT2D eigenvalue weighted by atomic mass is 9.98. The van der Waals surface area contributed by atoms with Gasteiger partial charge < -0.3 is 4.74 Å². The molecule has 3 nitrogen and oxygen atoms in total. The summed E-state index contributed by atoms with van der Waals surface area (Å²) in [7, 11) is 0. The summed E-state index contributed by atoms with van der Waals surface area (Å²) >= 11 is 0. The molecule has 0 heterocycles. The van der Waals surface area contributed by atoms with Crippen molar-refractivity contribution in [1.82, 2.24) is 5.43 Å². The van der Waals surface area contributed by atoms with E-state index in [2.05, 4.69) is 43.5 Å². The van der Waals surface area contributed by atoms with Gasteiger partial charge in [-0.25, -0.2) is 0 Å². The molecule has 3 heteroatoms. The van der Waals surface area contributed by atoms with Crippen molar-refractivity contribution in [3.63, 3.8) is 0 Å². The zero-order chi connectivity index (χ0) is 13.4. The van der Waals surface area contributed by atoms with Gasteiger partial charge in [0.05, 0.1) is 12.1 Å². The highest BCUT2D eigenvalue weighted by Gasteiger charge is 2.20. The van der Waals surface area contributed by atoms with E-state index in [4.69, 9.17) is 10.6 Å². The van der Waals surface area contributed by atoms with E-state index in [9.17, 15) is 0 Å². The Labute approximate surface area is 111 Å². The number of benzene rings is 1. The van der Waals surface area contributed by atoms with E-state index < -0.39 is 0 Å². The summed E-state index contributed by atoms with van der Waals surface area (Å²) in [5.41, 5.74) is 5.45. The molecule has 0 aliphatic heterocycles. The van der Waals surface area contributed by atoms with Gasteiger partial charge in [-0.3, -0.25) is 11.3 Å². The highest BCUT2D eigenvalue weighted by Crippen LogP contribution is 2.21. The van der Waals surface area contributed by atoms with Crippen LogP contribution in [0.4, 0.5) is 0 Å². The Morgan fingerprint density at radius 3 is 2.28 bits per heavy atom. The molecule has 0 spiro atoms. The number of hydrogen-bond acceptors (Lipinski definition) is 3. The smallest absolute Gasteiger partial charge is 0.0779 e. The lowest BCUT2D eigenvalue weighted by Gasteiger charge is -2.26. The topological polar surface area (TPSA) is 47.3 Å². The zero-order valence-electron chi connectivity index (χ0n) is 11.8. The fourth-order valence-corrected chi connectivity index (χ4v) is 2.26. The first-order valence-corrected chi connectivity index (χ1v) is 6.93. The van der Waals surface area contributed by atoms with Crippen LogP contribution < -0.4 is 11.3 Å². The first-order valence-electron chi connectivity index (χ1n) is 6.93. The van der Waals surface area contributed by atoms with E-state index in [1.165, 1.54) is 17.5 Å². The van der Waals surface area contributed by atoms with Gasteiger partial charge in [-0.1, -0.05) is 44.5 Å². The molecule has 0 aliphatic carbocycles. The maximum absolute atomic E-state index is 5.73. The summed E-state index contributed by atoms with van der Waals surface area (Å²) < 4.78 is 5.73. The van der Waals surface area contributed by atoms with Crippen LogP contribution in [0.15, 0.2) is 24.3 Å². The van der Waals surface area contributed by atoms with Crippen LogP contribution in [0.25, 0.3) is 0 Å². The highest BCUT2D eigenvalue weighted by molar-refractivity contribution is 5.25. The van der Waals surface area contributed by atoms with Crippen LogP contribution in [0.3, 0.4) is 0 Å². The molecule has 0 saturated carbocycles. The minimum atomic E-state index is 0.0608. The molecule has 1 rings (SSSR count). The Balaban J connectivity index is 2.80. The molecule has 102 valence electrons. The molecule has 0 radical (unpaired) electrons. The molecule has 1 aromatic carbocycles. The van der Waals surface area contributed by atoms with E-state index >= 15 is 0 Å². The van der Waals surface area contributed by atoms with Gasteiger partial charge in [-0.2, -0.15) is 0 Å². The molecule has 0 aromatic heterocycles. The van der Waals surface area contributed by atoms with Crippen molar-refractivity contribution in [2.75, 3.05) is 6.61 Å². The summed E-state index contributed by atoms with van der Waals surface area (Å²) in [6, 6.07) is 8.73. The van der Waals surface area contributed by atoms with E-state index in [0.29, 0.717) is 6.61 Å². The van der Waals surface area contributed by atoms with E-state index in [0.717, 1.165) is 12.8 Å². The van der Waals surface area contributed by atoms with Gasteiger partial charge in [-0.15, -0.1) is 0 Å². The Morgan fingerprint density at radius 2 is 1.83 bits per heavy atom. The Morgan fingerprint density at radius 1 is 1.17 bits per heavy atom.